The topological polar surface area (TPSA) is 123 Å². The van der Waals surface area contributed by atoms with E-state index in [2.05, 4.69) is 61.4 Å². The van der Waals surface area contributed by atoms with Crippen molar-refractivity contribution in [3.8, 4) is 11.5 Å². The van der Waals surface area contributed by atoms with Crippen molar-refractivity contribution in [2.75, 3.05) is 14.2 Å². The van der Waals surface area contributed by atoms with Crippen molar-refractivity contribution in [2.45, 2.75) is 38.3 Å². The van der Waals surface area contributed by atoms with E-state index in [4.69, 9.17) is 19.7 Å². The summed E-state index contributed by atoms with van der Waals surface area (Å²) in [6, 6.07) is 27.4. The fraction of sp³-hybridized carbons (Fsp3) is 0.211. The van der Waals surface area contributed by atoms with Crippen molar-refractivity contribution in [3.63, 3.8) is 0 Å². The predicted molar refractivity (Wildman–Crippen MR) is 185 cm³/mol. The molecule has 0 spiro atoms. The van der Waals surface area contributed by atoms with Gasteiger partial charge >= 0.3 is 0 Å². The number of amides is 1. The summed E-state index contributed by atoms with van der Waals surface area (Å²) < 4.78 is 13.4. The van der Waals surface area contributed by atoms with E-state index >= 15 is 0 Å². The van der Waals surface area contributed by atoms with E-state index in [-0.39, 0.29) is 12.3 Å². The van der Waals surface area contributed by atoms with Gasteiger partial charge in [-0.05, 0) is 53.9 Å². The van der Waals surface area contributed by atoms with E-state index in [0.717, 1.165) is 39.8 Å². The molecule has 48 heavy (non-hydrogen) atoms. The molecule has 0 bridgehead atoms. The molecule has 4 aromatic heterocycles. The molecule has 0 fully saturated rings. The number of hydrogen-bond donors (Lipinski definition) is 3. The van der Waals surface area contributed by atoms with Gasteiger partial charge in [-0.3, -0.25) is 9.78 Å². The smallest absolute Gasteiger partial charge is 0.226 e. The van der Waals surface area contributed by atoms with Crippen molar-refractivity contribution in [1.82, 2.24) is 35.0 Å². The maximum atomic E-state index is 13.6. The molecule has 10 nitrogen and oxygen atoms in total. The summed E-state index contributed by atoms with van der Waals surface area (Å²) in [6.07, 6.45) is 7.85. The van der Waals surface area contributed by atoms with Gasteiger partial charge in [0.15, 0.2) is 5.82 Å². The molecule has 7 aromatic rings. The van der Waals surface area contributed by atoms with Gasteiger partial charge in [0.1, 0.15) is 17.3 Å². The van der Waals surface area contributed by atoms with E-state index in [1.54, 1.807) is 20.4 Å². The average Bonchev–Trinajstić information content (AvgIpc) is 3.85. The van der Waals surface area contributed by atoms with Crippen molar-refractivity contribution >= 4 is 27.7 Å². The van der Waals surface area contributed by atoms with Crippen LogP contribution in [-0.2, 0) is 37.0 Å². The summed E-state index contributed by atoms with van der Waals surface area (Å²) in [5.74, 6) is 2.75. The Morgan fingerprint density at radius 1 is 0.812 bits per heavy atom. The van der Waals surface area contributed by atoms with E-state index in [9.17, 15) is 4.79 Å². The first-order valence-electron chi connectivity index (χ1n) is 16.0. The van der Waals surface area contributed by atoms with Gasteiger partial charge in [0.2, 0.25) is 5.91 Å². The molecule has 7 rings (SSSR count). The number of nitrogens with zero attached hydrogens (tertiary/aromatic N) is 4. The van der Waals surface area contributed by atoms with Crippen molar-refractivity contribution < 1.29 is 14.3 Å². The Morgan fingerprint density at radius 2 is 1.54 bits per heavy atom. The highest BCUT2D eigenvalue weighted by molar-refractivity contribution is 5.84. The number of fused-ring (bicyclic) bond motifs is 2. The molecular formula is C38H37N7O3. The van der Waals surface area contributed by atoms with Crippen molar-refractivity contribution in [3.05, 3.63) is 138 Å². The minimum atomic E-state index is -0.473. The zero-order valence-corrected chi connectivity index (χ0v) is 26.9. The molecule has 10 heteroatoms. The van der Waals surface area contributed by atoms with Crippen molar-refractivity contribution in [1.29, 1.82) is 0 Å². The minimum absolute atomic E-state index is 0.143. The summed E-state index contributed by atoms with van der Waals surface area (Å²) in [4.78, 5) is 24.7. The fourth-order valence-corrected chi connectivity index (χ4v) is 6.34. The van der Waals surface area contributed by atoms with Gasteiger partial charge in [-0.15, -0.1) is 10.2 Å². The molecule has 0 radical (unpaired) electrons. The molecule has 4 heterocycles. The van der Waals surface area contributed by atoms with Crippen LogP contribution in [0.1, 0.15) is 40.1 Å². The number of benzene rings is 3. The highest BCUT2D eigenvalue weighted by Gasteiger charge is 2.26. The first-order chi connectivity index (χ1) is 23.6. The molecule has 3 aromatic carbocycles. The molecule has 0 aliphatic heterocycles. The summed E-state index contributed by atoms with van der Waals surface area (Å²) in [6.45, 7) is 0.444. The SMILES string of the molecule is COc1ccc(Cn2c(CCc3c[nH]c4ccccc34)nnc2C(Cc2c[nH]c3ccccc23)NC(=O)Cc2ccccn2)c(OC)c1. The second kappa shape index (κ2) is 13.8. The molecule has 0 aliphatic carbocycles. The van der Waals surface area contributed by atoms with Crippen LogP contribution in [0.2, 0.25) is 0 Å². The number of aryl methyl sites for hydroxylation is 2. The Kier molecular flexibility index (Phi) is 8.86. The molecule has 1 atom stereocenters. The highest BCUT2D eigenvalue weighted by atomic mass is 16.5. The molecule has 242 valence electrons. The lowest BCUT2D eigenvalue weighted by atomic mass is 10.0. The summed E-state index contributed by atoms with van der Waals surface area (Å²) >= 11 is 0. The first kappa shape index (κ1) is 30.7. The lowest BCUT2D eigenvalue weighted by molar-refractivity contribution is -0.121. The molecule has 3 N–H and O–H groups in total. The number of ether oxygens (including phenoxy) is 2. The van der Waals surface area contributed by atoms with Crippen molar-refractivity contribution in [2.24, 2.45) is 0 Å². The average molecular weight is 640 g/mol. The maximum Gasteiger partial charge on any atom is 0.226 e. The molecule has 0 saturated carbocycles. The number of carbonyl (C=O) groups excluding carboxylic acids is 1. The Morgan fingerprint density at radius 3 is 2.27 bits per heavy atom. The molecule has 0 saturated heterocycles. The number of aromatic nitrogens is 6. The van der Waals surface area contributed by atoms with Crippen LogP contribution in [0.25, 0.3) is 21.8 Å². The third-order valence-corrected chi connectivity index (χ3v) is 8.79. The molecule has 0 aliphatic rings. The monoisotopic (exact) mass is 639 g/mol. The Balaban J connectivity index is 1.27. The second-order valence-corrected chi connectivity index (χ2v) is 11.8. The van der Waals surface area contributed by atoms with Crippen LogP contribution in [0.3, 0.4) is 0 Å². The number of carbonyl (C=O) groups is 1. The van der Waals surface area contributed by atoms with Crippen LogP contribution < -0.4 is 14.8 Å². The number of hydrogen-bond acceptors (Lipinski definition) is 6. The van der Waals surface area contributed by atoms with Gasteiger partial charge in [0.25, 0.3) is 0 Å². The number of para-hydroxylation sites is 2. The number of pyridine rings is 1. The predicted octanol–water partition coefficient (Wildman–Crippen LogP) is 6.13. The zero-order valence-electron chi connectivity index (χ0n) is 26.9. The van der Waals surface area contributed by atoms with E-state index < -0.39 is 6.04 Å². The lowest BCUT2D eigenvalue weighted by Crippen LogP contribution is -2.33. The quantitative estimate of drug-likeness (QED) is 0.140. The Bertz CT molecular complexity index is 2170. The third kappa shape index (κ3) is 6.50. The van der Waals surface area contributed by atoms with Crippen LogP contribution in [-0.4, -0.2) is 49.8 Å². The number of aromatic amines is 2. The van der Waals surface area contributed by atoms with Gasteiger partial charge in [-0.1, -0.05) is 42.5 Å². The third-order valence-electron chi connectivity index (χ3n) is 8.79. The molecule has 1 amide bonds. The van der Waals surface area contributed by atoms with E-state index in [1.165, 1.54) is 10.9 Å². The van der Waals surface area contributed by atoms with Gasteiger partial charge < -0.3 is 29.3 Å². The van der Waals surface area contributed by atoms with E-state index in [1.807, 2.05) is 60.8 Å². The number of methoxy groups -OCH3 is 2. The largest absolute Gasteiger partial charge is 0.497 e. The van der Waals surface area contributed by atoms with Crippen LogP contribution in [0.5, 0.6) is 11.5 Å². The van der Waals surface area contributed by atoms with Gasteiger partial charge in [-0.2, -0.15) is 0 Å². The summed E-state index contributed by atoms with van der Waals surface area (Å²) in [5.41, 5.74) is 6.07. The van der Waals surface area contributed by atoms with Gasteiger partial charge in [0.05, 0.1) is 33.2 Å². The van der Waals surface area contributed by atoms with Gasteiger partial charge in [0, 0.05) is 70.6 Å². The van der Waals surface area contributed by atoms with Crippen LogP contribution in [0.15, 0.2) is 104 Å². The number of H-pyrrole nitrogens is 2. The summed E-state index contributed by atoms with van der Waals surface area (Å²) in [5, 5.41) is 15.1. The highest BCUT2D eigenvalue weighted by Crippen LogP contribution is 2.29. The Labute approximate surface area is 278 Å². The molecule has 1 unspecified atom stereocenters. The van der Waals surface area contributed by atoms with Gasteiger partial charge in [-0.25, -0.2) is 0 Å². The zero-order chi connectivity index (χ0) is 32.9. The lowest BCUT2D eigenvalue weighted by Gasteiger charge is -2.21. The van der Waals surface area contributed by atoms with Crippen LogP contribution in [0.4, 0.5) is 0 Å². The molecular weight excluding hydrogens is 602 g/mol. The summed E-state index contributed by atoms with van der Waals surface area (Å²) in [7, 11) is 3.29. The Hall–Kier alpha value is -5.90. The first-order valence-corrected chi connectivity index (χ1v) is 16.0. The standard InChI is InChI=1S/C38H37N7O3/c1-47-29-16-14-26(35(21-29)48-2)24-45-36(17-15-25-22-40-32-12-5-3-10-30(25)32)43-44-38(45)34(42-37(46)20-28-9-7-8-18-39-28)19-27-23-41-33-13-6-4-11-31(27)33/h3-14,16,18,21-23,34,40-41H,15,17,19-20,24H2,1-2H3,(H,42,46). The number of nitrogens with one attached hydrogen (secondary N) is 3. The normalized spacial score (nSPS) is 12.0. The van der Waals surface area contributed by atoms with Crippen LogP contribution in [0, 0.1) is 0 Å². The number of rotatable bonds is 13. The minimum Gasteiger partial charge on any atom is -0.497 e. The van der Waals surface area contributed by atoms with Crippen LogP contribution >= 0.6 is 0 Å². The second-order valence-electron chi connectivity index (χ2n) is 11.8. The maximum absolute atomic E-state index is 13.6. The fourth-order valence-electron chi connectivity index (χ4n) is 6.34. The van der Waals surface area contributed by atoms with E-state index in [0.29, 0.717) is 42.4 Å².